The van der Waals surface area contributed by atoms with Crippen molar-refractivity contribution in [3.63, 3.8) is 0 Å². The number of hydrogen-bond donors (Lipinski definition) is 1. The van der Waals surface area contributed by atoms with E-state index in [0.29, 0.717) is 10.3 Å². The van der Waals surface area contributed by atoms with E-state index in [0.717, 1.165) is 5.69 Å². The number of nitrogens with zero attached hydrogens (tertiary/aromatic N) is 2. The highest BCUT2D eigenvalue weighted by molar-refractivity contribution is 9.10. The Morgan fingerprint density at radius 1 is 1.50 bits per heavy atom. The molecule has 6 nitrogen and oxygen atoms in total. The van der Waals surface area contributed by atoms with E-state index in [1.54, 1.807) is 27.8 Å². The van der Waals surface area contributed by atoms with E-state index in [-0.39, 0.29) is 0 Å². The molecule has 0 aliphatic heterocycles. The number of sulfone groups is 1. The summed E-state index contributed by atoms with van der Waals surface area (Å²) >= 11 is 3.29. The summed E-state index contributed by atoms with van der Waals surface area (Å²) in [5, 5.41) is 6.08. The first kappa shape index (κ1) is 15.2. The SMILES string of the molecule is Cc1nn(C)c(NC(=O)CS(=O)(=O)C(C)C)c1Br. The van der Waals surface area contributed by atoms with Crippen molar-refractivity contribution >= 4 is 37.5 Å². The third-order valence-corrected chi connectivity index (χ3v) is 5.51. The lowest BCUT2D eigenvalue weighted by Crippen LogP contribution is -2.28. The molecule has 1 rings (SSSR count). The van der Waals surface area contributed by atoms with Crippen LogP contribution < -0.4 is 5.32 Å². The molecular formula is C10H16BrN3O3S. The number of carbonyl (C=O) groups is 1. The summed E-state index contributed by atoms with van der Waals surface area (Å²) in [6.45, 7) is 4.88. The fraction of sp³-hybridized carbons (Fsp3) is 0.600. The molecule has 102 valence electrons. The number of aromatic nitrogens is 2. The quantitative estimate of drug-likeness (QED) is 0.896. The number of hydrogen-bond acceptors (Lipinski definition) is 4. The van der Waals surface area contributed by atoms with Crippen LogP contribution in [-0.2, 0) is 21.7 Å². The molecule has 1 N–H and O–H groups in total. The van der Waals surface area contributed by atoms with E-state index in [1.807, 2.05) is 0 Å². The van der Waals surface area contributed by atoms with Gasteiger partial charge in [-0.15, -0.1) is 0 Å². The zero-order valence-electron chi connectivity index (χ0n) is 10.7. The molecule has 0 aromatic carbocycles. The Labute approximate surface area is 115 Å². The highest BCUT2D eigenvalue weighted by atomic mass is 79.9. The van der Waals surface area contributed by atoms with Crippen molar-refractivity contribution in [2.75, 3.05) is 11.1 Å². The summed E-state index contributed by atoms with van der Waals surface area (Å²) in [6.07, 6.45) is 0. The molecule has 1 amide bonds. The van der Waals surface area contributed by atoms with Crippen LogP contribution in [0.2, 0.25) is 0 Å². The zero-order valence-corrected chi connectivity index (χ0v) is 13.1. The minimum Gasteiger partial charge on any atom is -0.309 e. The summed E-state index contributed by atoms with van der Waals surface area (Å²) in [4.78, 5) is 11.7. The topological polar surface area (TPSA) is 81.1 Å². The van der Waals surface area contributed by atoms with Gasteiger partial charge in [0.05, 0.1) is 15.4 Å². The molecule has 8 heteroatoms. The van der Waals surface area contributed by atoms with E-state index in [4.69, 9.17) is 0 Å². The Morgan fingerprint density at radius 2 is 2.06 bits per heavy atom. The van der Waals surface area contributed by atoms with Crippen molar-refractivity contribution in [1.82, 2.24) is 9.78 Å². The predicted octanol–water partition coefficient (Wildman–Crippen LogP) is 1.25. The molecule has 0 saturated heterocycles. The number of rotatable bonds is 4. The van der Waals surface area contributed by atoms with Crippen LogP contribution in [0, 0.1) is 6.92 Å². The van der Waals surface area contributed by atoms with Gasteiger partial charge in [-0.2, -0.15) is 5.10 Å². The summed E-state index contributed by atoms with van der Waals surface area (Å²) in [6, 6.07) is 0. The highest BCUT2D eigenvalue weighted by Gasteiger charge is 2.22. The molecule has 0 spiro atoms. The smallest absolute Gasteiger partial charge is 0.240 e. The molecule has 0 fully saturated rings. The molecule has 1 heterocycles. The Hall–Kier alpha value is -0.890. The molecule has 0 atom stereocenters. The third kappa shape index (κ3) is 3.32. The standard InChI is InChI=1S/C10H16BrN3O3S/c1-6(2)18(16,17)5-8(15)12-10-9(11)7(3)13-14(10)4/h6H,5H2,1-4H3,(H,12,15). The first-order chi connectivity index (χ1) is 8.15. The van der Waals surface area contributed by atoms with Crippen LogP contribution >= 0.6 is 15.9 Å². The van der Waals surface area contributed by atoms with Crippen molar-refractivity contribution in [2.24, 2.45) is 7.05 Å². The fourth-order valence-electron chi connectivity index (χ4n) is 1.29. The lowest BCUT2D eigenvalue weighted by Gasteiger charge is -2.09. The van der Waals surface area contributed by atoms with E-state index >= 15 is 0 Å². The fourth-order valence-corrected chi connectivity index (χ4v) is 2.49. The average molecular weight is 338 g/mol. The third-order valence-electron chi connectivity index (χ3n) is 2.46. The van der Waals surface area contributed by atoms with Crippen molar-refractivity contribution in [3.05, 3.63) is 10.2 Å². The first-order valence-corrected chi connectivity index (χ1v) is 7.86. The molecule has 0 radical (unpaired) electrons. The molecule has 1 aromatic rings. The number of nitrogens with one attached hydrogen (secondary N) is 1. The van der Waals surface area contributed by atoms with Crippen LogP contribution in [0.15, 0.2) is 4.47 Å². The number of carbonyl (C=O) groups excluding carboxylic acids is 1. The largest absolute Gasteiger partial charge is 0.309 e. The van der Waals surface area contributed by atoms with Gasteiger partial charge in [0, 0.05) is 7.05 Å². The number of halogens is 1. The second-order valence-electron chi connectivity index (χ2n) is 4.28. The van der Waals surface area contributed by atoms with Crippen LogP contribution in [0.5, 0.6) is 0 Å². The van der Waals surface area contributed by atoms with E-state index < -0.39 is 26.7 Å². The number of anilines is 1. The molecule has 18 heavy (non-hydrogen) atoms. The van der Waals surface area contributed by atoms with Gasteiger partial charge >= 0.3 is 0 Å². The molecule has 1 aromatic heterocycles. The van der Waals surface area contributed by atoms with Gasteiger partial charge in [0.2, 0.25) is 5.91 Å². The van der Waals surface area contributed by atoms with Gasteiger partial charge in [0.25, 0.3) is 0 Å². The molecule has 0 bridgehead atoms. The summed E-state index contributed by atoms with van der Waals surface area (Å²) in [7, 11) is -1.72. The molecule has 0 aliphatic rings. The second-order valence-corrected chi connectivity index (χ2v) is 7.63. The van der Waals surface area contributed by atoms with Crippen molar-refractivity contribution in [3.8, 4) is 0 Å². The average Bonchev–Trinajstić information content (AvgIpc) is 2.44. The van der Waals surface area contributed by atoms with Gasteiger partial charge in [-0.3, -0.25) is 9.48 Å². The van der Waals surface area contributed by atoms with Crippen LogP contribution in [0.1, 0.15) is 19.5 Å². The lowest BCUT2D eigenvalue weighted by atomic mass is 10.4. The van der Waals surface area contributed by atoms with Crippen LogP contribution in [-0.4, -0.2) is 35.1 Å². The molecule has 0 aliphatic carbocycles. The van der Waals surface area contributed by atoms with Crippen molar-refractivity contribution in [2.45, 2.75) is 26.0 Å². The van der Waals surface area contributed by atoms with E-state index in [9.17, 15) is 13.2 Å². The minimum absolute atomic E-state index is 0.455. The predicted molar refractivity (Wildman–Crippen MR) is 73.2 cm³/mol. The normalized spacial score (nSPS) is 11.9. The minimum atomic E-state index is -3.39. The highest BCUT2D eigenvalue weighted by Crippen LogP contribution is 2.24. The maximum Gasteiger partial charge on any atom is 0.240 e. The van der Waals surface area contributed by atoms with Gasteiger partial charge in [0.1, 0.15) is 11.6 Å². The Balaban J connectivity index is 2.84. The monoisotopic (exact) mass is 337 g/mol. The number of amides is 1. The first-order valence-electron chi connectivity index (χ1n) is 5.35. The summed E-state index contributed by atoms with van der Waals surface area (Å²) in [5.74, 6) is -0.634. The van der Waals surface area contributed by atoms with Gasteiger partial charge in [-0.05, 0) is 36.7 Å². The Kier molecular flexibility index (Phi) is 4.55. The Bertz CT molecular complexity index is 563. The maximum absolute atomic E-state index is 11.7. The van der Waals surface area contributed by atoms with E-state index in [1.165, 1.54) is 4.68 Å². The summed E-state index contributed by atoms with van der Waals surface area (Å²) < 4.78 is 25.4. The number of aryl methyl sites for hydroxylation is 2. The van der Waals surface area contributed by atoms with Gasteiger partial charge in [-0.1, -0.05) is 0 Å². The van der Waals surface area contributed by atoms with Gasteiger partial charge in [0.15, 0.2) is 9.84 Å². The van der Waals surface area contributed by atoms with E-state index in [2.05, 4.69) is 26.3 Å². The van der Waals surface area contributed by atoms with Crippen molar-refractivity contribution < 1.29 is 13.2 Å². The maximum atomic E-state index is 11.7. The molecule has 0 unspecified atom stereocenters. The Morgan fingerprint density at radius 3 is 2.44 bits per heavy atom. The van der Waals surface area contributed by atoms with Gasteiger partial charge < -0.3 is 5.32 Å². The molecule has 0 saturated carbocycles. The zero-order chi connectivity index (χ0) is 14.1. The van der Waals surface area contributed by atoms with Crippen LogP contribution in [0.3, 0.4) is 0 Å². The van der Waals surface area contributed by atoms with Gasteiger partial charge in [-0.25, -0.2) is 8.42 Å². The molecular weight excluding hydrogens is 322 g/mol. The van der Waals surface area contributed by atoms with Crippen LogP contribution in [0.4, 0.5) is 5.82 Å². The van der Waals surface area contributed by atoms with Crippen molar-refractivity contribution in [1.29, 1.82) is 0 Å². The summed E-state index contributed by atoms with van der Waals surface area (Å²) in [5.41, 5.74) is 0.722. The van der Waals surface area contributed by atoms with Crippen LogP contribution in [0.25, 0.3) is 0 Å². The lowest BCUT2D eigenvalue weighted by molar-refractivity contribution is -0.113. The second kappa shape index (κ2) is 5.40.